The van der Waals surface area contributed by atoms with Gasteiger partial charge < -0.3 is 10.5 Å². The van der Waals surface area contributed by atoms with E-state index in [-0.39, 0.29) is 22.2 Å². The Morgan fingerprint density at radius 1 is 1.30 bits per heavy atom. The van der Waals surface area contributed by atoms with Crippen LogP contribution >= 0.6 is 0 Å². The fraction of sp³-hybridized carbons (Fsp3) is 0. The minimum Gasteiger partial charge on any atom is -0.507 e. The molecule has 0 unspecified atom stereocenters. The van der Waals surface area contributed by atoms with E-state index in [9.17, 15) is 0 Å². The number of phenols is 1. The fourth-order valence-corrected chi connectivity index (χ4v) is 0.610. The van der Waals surface area contributed by atoms with Crippen molar-refractivity contribution in [2.45, 2.75) is 0 Å². The number of aromatic hydroxyl groups is 1. The van der Waals surface area contributed by atoms with Crippen LogP contribution in [-0.4, -0.2) is 11.3 Å². The molecule has 0 aliphatic rings. The van der Waals surface area contributed by atoms with Gasteiger partial charge in [-0.3, -0.25) is 0 Å². The summed E-state index contributed by atoms with van der Waals surface area (Å²) < 4.78 is 0. The Balaban J connectivity index is 0.000000810. The van der Waals surface area contributed by atoms with Crippen LogP contribution < -0.4 is 0 Å². The molecule has 0 amide bonds. The molecule has 0 radical (unpaired) electrons. The summed E-state index contributed by atoms with van der Waals surface area (Å²) in [5.41, 5.74) is 0.553. The van der Waals surface area contributed by atoms with Crippen molar-refractivity contribution in [2.75, 3.05) is 0 Å². The van der Waals surface area contributed by atoms with Crippen LogP contribution in [0.2, 0.25) is 0 Å². The van der Waals surface area contributed by atoms with Crippen molar-refractivity contribution in [2.24, 2.45) is 0 Å². The summed E-state index contributed by atoms with van der Waals surface area (Å²) in [5, 5.41) is 15.8. The van der Waals surface area contributed by atoms with E-state index in [0.717, 1.165) is 6.21 Å². The van der Waals surface area contributed by atoms with E-state index < -0.39 is 0 Å². The molecule has 3 heteroatoms. The van der Waals surface area contributed by atoms with E-state index in [2.05, 4.69) is 0 Å². The minimum atomic E-state index is 0. The fourth-order valence-electron chi connectivity index (χ4n) is 0.610. The number of para-hydroxylation sites is 1. The van der Waals surface area contributed by atoms with Gasteiger partial charge in [0, 0.05) is 28.3 Å². The van der Waals surface area contributed by atoms with Gasteiger partial charge in [-0.25, -0.2) is 0 Å². The maximum absolute atomic E-state index is 8.96. The molecule has 1 aromatic carbocycles. The summed E-state index contributed by atoms with van der Waals surface area (Å²) in [5.74, 6) is 0.160. The van der Waals surface area contributed by atoms with Gasteiger partial charge in [0.1, 0.15) is 5.75 Å². The molecule has 0 aromatic heterocycles. The standard InChI is InChI=1S/C7H7NO.Ni/c8-5-6-3-1-2-4-7(6)9;/h1-5,8-9H;. The van der Waals surface area contributed by atoms with Crippen LogP contribution in [0.1, 0.15) is 5.56 Å². The molecule has 1 aromatic rings. The topological polar surface area (TPSA) is 44.1 Å². The molecular formula is C7H7NNiO. The smallest absolute Gasteiger partial charge is 0.124 e. The Morgan fingerprint density at radius 3 is 2.30 bits per heavy atom. The number of rotatable bonds is 1. The Bertz CT molecular complexity index is 225. The van der Waals surface area contributed by atoms with Gasteiger partial charge in [0.25, 0.3) is 0 Å². The summed E-state index contributed by atoms with van der Waals surface area (Å²) in [7, 11) is 0. The Kier molecular flexibility index (Phi) is 3.74. The van der Waals surface area contributed by atoms with Crippen LogP contribution in [0.15, 0.2) is 24.3 Å². The summed E-state index contributed by atoms with van der Waals surface area (Å²) in [6.45, 7) is 0. The predicted octanol–water partition coefficient (Wildman–Crippen LogP) is 1.39. The molecule has 10 heavy (non-hydrogen) atoms. The quantitative estimate of drug-likeness (QED) is 0.497. The van der Waals surface area contributed by atoms with E-state index in [1.807, 2.05) is 0 Å². The SMILES string of the molecule is N=Cc1ccccc1O.[Ni]. The van der Waals surface area contributed by atoms with Gasteiger partial charge in [0.2, 0.25) is 0 Å². The third kappa shape index (κ3) is 1.85. The summed E-state index contributed by atoms with van der Waals surface area (Å²) in [6.07, 6.45) is 1.12. The zero-order valence-corrected chi connectivity index (χ0v) is 6.14. The van der Waals surface area contributed by atoms with Crippen molar-refractivity contribution in [3.8, 4) is 5.75 Å². The zero-order chi connectivity index (χ0) is 6.69. The molecule has 0 saturated heterocycles. The summed E-state index contributed by atoms with van der Waals surface area (Å²) in [6, 6.07) is 6.74. The van der Waals surface area contributed by atoms with Crippen LogP contribution in [-0.2, 0) is 16.5 Å². The number of phenolic OH excluding ortho intramolecular Hbond substituents is 1. The average Bonchev–Trinajstić information content (AvgIpc) is 1.89. The normalized spacial score (nSPS) is 8.00. The number of nitrogens with one attached hydrogen (secondary N) is 1. The van der Waals surface area contributed by atoms with Crippen molar-refractivity contribution in [1.29, 1.82) is 5.41 Å². The number of hydrogen-bond donors (Lipinski definition) is 2. The van der Waals surface area contributed by atoms with Crippen LogP contribution in [0.3, 0.4) is 0 Å². The molecular weight excluding hydrogens is 173 g/mol. The van der Waals surface area contributed by atoms with E-state index in [4.69, 9.17) is 10.5 Å². The van der Waals surface area contributed by atoms with Gasteiger partial charge in [-0.2, -0.15) is 0 Å². The second kappa shape index (κ2) is 4.07. The summed E-state index contributed by atoms with van der Waals surface area (Å²) >= 11 is 0. The van der Waals surface area contributed by atoms with Gasteiger partial charge in [-0.05, 0) is 12.1 Å². The first-order chi connectivity index (χ1) is 4.34. The molecule has 0 fully saturated rings. The Hall–Kier alpha value is -0.816. The minimum absolute atomic E-state index is 0. The first-order valence-corrected chi connectivity index (χ1v) is 2.63. The van der Waals surface area contributed by atoms with Crippen LogP contribution in [0.25, 0.3) is 0 Å². The Morgan fingerprint density at radius 2 is 1.90 bits per heavy atom. The molecule has 0 spiro atoms. The van der Waals surface area contributed by atoms with Crippen molar-refractivity contribution >= 4 is 6.21 Å². The molecule has 0 aliphatic carbocycles. The van der Waals surface area contributed by atoms with Gasteiger partial charge >= 0.3 is 0 Å². The molecule has 2 nitrogen and oxygen atoms in total. The molecule has 2 N–H and O–H groups in total. The summed E-state index contributed by atoms with van der Waals surface area (Å²) in [4.78, 5) is 0. The van der Waals surface area contributed by atoms with E-state index in [1.54, 1.807) is 24.3 Å². The largest absolute Gasteiger partial charge is 0.507 e. The van der Waals surface area contributed by atoms with E-state index in [1.165, 1.54) is 0 Å². The van der Waals surface area contributed by atoms with E-state index >= 15 is 0 Å². The molecule has 56 valence electrons. The number of hydrogen-bond acceptors (Lipinski definition) is 2. The number of benzene rings is 1. The van der Waals surface area contributed by atoms with Gasteiger partial charge in [-0.15, -0.1) is 0 Å². The van der Waals surface area contributed by atoms with Crippen molar-refractivity contribution < 1.29 is 21.6 Å². The molecule has 0 bridgehead atoms. The second-order valence-electron chi connectivity index (χ2n) is 1.70. The first kappa shape index (κ1) is 9.18. The third-order valence-corrected chi connectivity index (χ3v) is 1.09. The maximum Gasteiger partial charge on any atom is 0.124 e. The van der Waals surface area contributed by atoms with Crippen LogP contribution in [0.4, 0.5) is 0 Å². The monoisotopic (exact) mass is 179 g/mol. The molecule has 0 heterocycles. The molecule has 0 saturated carbocycles. The van der Waals surface area contributed by atoms with Crippen LogP contribution in [0.5, 0.6) is 5.75 Å². The van der Waals surface area contributed by atoms with Gasteiger partial charge in [0.15, 0.2) is 0 Å². The first-order valence-electron chi connectivity index (χ1n) is 2.63. The van der Waals surface area contributed by atoms with Crippen molar-refractivity contribution in [3.63, 3.8) is 0 Å². The van der Waals surface area contributed by atoms with Crippen molar-refractivity contribution in [3.05, 3.63) is 29.8 Å². The maximum atomic E-state index is 8.96. The van der Waals surface area contributed by atoms with Gasteiger partial charge in [-0.1, -0.05) is 12.1 Å². The second-order valence-corrected chi connectivity index (χ2v) is 1.70. The molecule has 1 rings (SSSR count). The van der Waals surface area contributed by atoms with E-state index in [0.29, 0.717) is 5.56 Å². The Labute approximate surface area is 69.3 Å². The average molecular weight is 180 g/mol. The van der Waals surface area contributed by atoms with Crippen molar-refractivity contribution in [1.82, 2.24) is 0 Å². The zero-order valence-electron chi connectivity index (χ0n) is 5.15. The third-order valence-electron chi connectivity index (χ3n) is 1.09. The van der Waals surface area contributed by atoms with Gasteiger partial charge in [0.05, 0.1) is 0 Å². The molecule has 0 aliphatic heterocycles. The predicted molar refractivity (Wildman–Crippen MR) is 36.0 cm³/mol. The van der Waals surface area contributed by atoms with Crippen LogP contribution in [0, 0.1) is 5.41 Å². The molecule has 0 atom stereocenters.